The molecule has 1 aromatic rings. The Balaban J connectivity index is 2.95. The van der Waals surface area contributed by atoms with Crippen molar-refractivity contribution < 1.29 is 17.9 Å². The molecule has 83 valence electrons. The zero-order valence-electron chi connectivity index (χ0n) is 7.77. The lowest BCUT2D eigenvalue weighted by Crippen LogP contribution is -2.07. The van der Waals surface area contributed by atoms with Crippen LogP contribution in [0.5, 0.6) is 0 Å². The van der Waals surface area contributed by atoms with Gasteiger partial charge in [0, 0.05) is 11.1 Å². The third-order valence-corrected chi connectivity index (χ3v) is 2.44. The fourth-order valence-corrected chi connectivity index (χ4v) is 1.54. The van der Waals surface area contributed by atoms with Gasteiger partial charge in [-0.25, -0.2) is 0 Å². The third kappa shape index (κ3) is 3.50. The molecule has 1 aromatic carbocycles. The summed E-state index contributed by atoms with van der Waals surface area (Å²) in [5, 5.41) is 0. The van der Waals surface area contributed by atoms with E-state index in [-0.39, 0.29) is 17.7 Å². The first-order chi connectivity index (χ1) is 6.95. The summed E-state index contributed by atoms with van der Waals surface area (Å²) in [5.74, 6) is 0. The smallest absolute Gasteiger partial charge is 0.377 e. The van der Waals surface area contributed by atoms with E-state index in [1.165, 1.54) is 6.07 Å². The molecule has 0 aliphatic carbocycles. The summed E-state index contributed by atoms with van der Waals surface area (Å²) in [7, 11) is 0. The SMILES string of the molecule is [CH2]COCc1ccc(Br)c(C(F)(F)F)c1. The van der Waals surface area contributed by atoms with Crippen molar-refractivity contribution in [3.05, 3.63) is 40.7 Å². The molecule has 0 aliphatic heterocycles. The van der Waals surface area contributed by atoms with Crippen molar-refractivity contribution in [1.29, 1.82) is 0 Å². The van der Waals surface area contributed by atoms with E-state index >= 15 is 0 Å². The van der Waals surface area contributed by atoms with Crippen molar-refractivity contribution in [1.82, 2.24) is 0 Å². The molecule has 15 heavy (non-hydrogen) atoms. The van der Waals surface area contributed by atoms with Gasteiger partial charge in [-0.15, -0.1) is 0 Å². The summed E-state index contributed by atoms with van der Waals surface area (Å²) in [6, 6.07) is 4.01. The molecule has 0 spiro atoms. The molecule has 1 rings (SSSR count). The molecule has 0 atom stereocenters. The van der Waals surface area contributed by atoms with Crippen LogP contribution in [0.4, 0.5) is 13.2 Å². The highest BCUT2D eigenvalue weighted by Gasteiger charge is 2.32. The van der Waals surface area contributed by atoms with Crippen LogP contribution >= 0.6 is 15.9 Å². The minimum absolute atomic E-state index is 0.0355. The fraction of sp³-hybridized carbons (Fsp3) is 0.300. The van der Waals surface area contributed by atoms with E-state index in [0.717, 1.165) is 6.07 Å². The zero-order chi connectivity index (χ0) is 11.5. The summed E-state index contributed by atoms with van der Waals surface area (Å²) in [6.45, 7) is 3.81. The van der Waals surface area contributed by atoms with Crippen LogP contribution in [0.3, 0.4) is 0 Å². The minimum Gasteiger partial charge on any atom is -0.377 e. The minimum atomic E-state index is -4.35. The van der Waals surface area contributed by atoms with Crippen molar-refractivity contribution in [3.63, 3.8) is 0 Å². The Hall–Kier alpha value is -0.550. The van der Waals surface area contributed by atoms with Crippen LogP contribution in [-0.4, -0.2) is 6.61 Å². The highest BCUT2D eigenvalue weighted by molar-refractivity contribution is 9.10. The molecule has 1 nitrogen and oxygen atoms in total. The first-order valence-electron chi connectivity index (χ1n) is 4.17. The van der Waals surface area contributed by atoms with Gasteiger partial charge in [-0.2, -0.15) is 13.2 Å². The van der Waals surface area contributed by atoms with Gasteiger partial charge in [0.1, 0.15) is 0 Å². The Morgan fingerprint density at radius 1 is 1.33 bits per heavy atom. The van der Waals surface area contributed by atoms with Gasteiger partial charge in [0.2, 0.25) is 0 Å². The van der Waals surface area contributed by atoms with Gasteiger partial charge < -0.3 is 4.74 Å². The molecule has 0 aliphatic rings. The van der Waals surface area contributed by atoms with Crippen LogP contribution in [-0.2, 0) is 17.5 Å². The molecule has 5 heteroatoms. The quantitative estimate of drug-likeness (QED) is 0.819. The van der Waals surface area contributed by atoms with E-state index in [1.807, 2.05) is 0 Å². The molecule has 0 fully saturated rings. The summed E-state index contributed by atoms with van der Waals surface area (Å²) in [6.07, 6.45) is -4.35. The second-order valence-electron chi connectivity index (χ2n) is 2.86. The molecular weight excluding hydrogens is 273 g/mol. The Morgan fingerprint density at radius 2 is 2.00 bits per heavy atom. The molecule has 0 heterocycles. The standard InChI is InChI=1S/C10H9BrF3O/c1-2-15-6-7-3-4-9(11)8(5-7)10(12,13)14/h3-5H,1-2,6H2. The van der Waals surface area contributed by atoms with Gasteiger partial charge >= 0.3 is 6.18 Å². The topological polar surface area (TPSA) is 9.23 Å². The number of rotatable bonds is 3. The normalized spacial score (nSPS) is 11.8. The number of benzene rings is 1. The number of hydrogen-bond acceptors (Lipinski definition) is 1. The molecule has 0 saturated carbocycles. The average Bonchev–Trinajstić information content (AvgIpc) is 2.15. The maximum absolute atomic E-state index is 12.5. The van der Waals surface area contributed by atoms with E-state index in [1.54, 1.807) is 6.07 Å². The monoisotopic (exact) mass is 281 g/mol. The Bertz CT molecular complexity index is 336. The molecule has 0 unspecified atom stereocenters. The van der Waals surface area contributed by atoms with E-state index in [9.17, 15) is 13.2 Å². The van der Waals surface area contributed by atoms with Gasteiger partial charge in [-0.05, 0) is 24.6 Å². The Kier molecular flexibility index (Phi) is 4.16. The zero-order valence-corrected chi connectivity index (χ0v) is 9.36. The molecular formula is C10H9BrF3O. The van der Waals surface area contributed by atoms with Crippen LogP contribution in [0.1, 0.15) is 11.1 Å². The highest BCUT2D eigenvalue weighted by Crippen LogP contribution is 2.35. The number of halogens is 4. The number of alkyl halides is 3. The largest absolute Gasteiger partial charge is 0.417 e. The number of hydrogen-bond donors (Lipinski definition) is 0. The Morgan fingerprint density at radius 3 is 2.53 bits per heavy atom. The van der Waals surface area contributed by atoms with Gasteiger partial charge in [0.15, 0.2) is 0 Å². The van der Waals surface area contributed by atoms with Crippen molar-refractivity contribution in [3.8, 4) is 0 Å². The second-order valence-corrected chi connectivity index (χ2v) is 3.72. The second kappa shape index (κ2) is 4.99. The van der Waals surface area contributed by atoms with E-state index in [0.29, 0.717) is 5.56 Å². The van der Waals surface area contributed by atoms with E-state index in [4.69, 9.17) is 4.74 Å². The first kappa shape index (κ1) is 12.5. The predicted octanol–water partition coefficient (Wildman–Crippen LogP) is 3.82. The summed E-state index contributed by atoms with van der Waals surface area (Å²) < 4.78 is 42.4. The molecule has 0 saturated heterocycles. The Labute approximate surface area is 94.4 Å². The van der Waals surface area contributed by atoms with Crippen molar-refractivity contribution >= 4 is 15.9 Å². The fourth-order valence-electron chi connectivity index (χ4n) is 1.07. The lowest BCUT2D eigenvalue weighted by Gasteiger charge is -2.11. The first-order valence-corrected chi connectivity index (χ1v) is 4.97. The van der Waals surface area contributed by atoms with Crippen LogP contribution in [0.2, 0.25) is 0 Å². The average molecular weight is 282 g/mol. The molecule has 0 amide bonds. The van der Waals surface area contributed by atoms with Crippen LogP contribution in [0, 0.1) is 6.92 Å². The van der Waals surface area contributed by atoms with Crippen molar-refractivity contribution in [2.75, 3.05) is 6.61 Å². The summed E-state index contributed by atoms with van der Waals surface area (Å²) >= 11 is 2.86. The molecule has 0 bridgehead atoms. The third-order valence-electron chi connectivity index (χ3n) is 1.75. The van der Waals surface area contributed by atoms with Crippen molar-refractivity contribution in [2.45, 2.75) is 12.8 Å². The predicted molar refractivity (Wildman–Crippen MR) is 54.2 cm³/mol. The number of ether oxygens (including phenoxy) is 1. The lowest BCUT2D eigenvalue weighted by atomic mass is 10.1. The van der Waals surface area contributed by atoms with Crippen molar-refractivity contribution in [2.24, 2.45) is 0 Å². The maximum atomic E-state index is 12.5. The molecule has 1 radical (unpaired) electrons. The maximum Gasteiger partial charge on any atom is 0.417 e. The molecule has 0 N–H and O–H groups in total. The summed E-state index contributed by atoms with van der Waals surface area (Å²) in [5.41, 5.74) is -0.207. The highest BCUT2D eigenvalue weighted by atomic mass is 79.9. The molecule has 0 aromatic heterocycles. The van der Waals surface area contributed by atoms with E-state index in [2.05, 4.69) is 22.9 Å². The van der Waals surface area contributed by atoms with Crippen LogP contribution < -0.4 is 0 Å². The van der Waals surface area contributed by atoms with Gasteiger partial charge in [-0.1, -0.05) is 22.0 Å². The summed E-state index contributed by atoms with van der Waals surface area (Å²) in [4.78, 5) is 0. The van der Waals surface area contributed by atoms with Gasteiger partial charge in [0.25, 0.3) is 0 Å². The van der Waals surface area contributed by atoms with E-state index < -0.39 is 11.7 Å². The van der Waals surface area contributed by atoms with Crippen LogP contribution in [0.25, 0.3) is 0 Å². The van der Waals surface area contributed by atoms with Gasteiger partial charge in [-0.3, -0.25) is 0 Å². The lowest BCUT2D eigenvalue weighted by molar-refractivity contribution is -0.138. The van der Waals surface area contributed by atoms with Gasteiger partial charge in [0.05, 0.1) is 12.2 Å². The van der Waals surface area contributed by atoms with Crippen LogP contribution in [0.15, 0.2) is 22.7 Å².